The molecule has 7 aliphatic rings. The van der Waals surface area contributed by atoms with E-state index in [1.54, 1.807) is 0 Å². The molecule has 65 heavy (non-hydrogen) atoms. The summed E-state index contributed by atoms with van der Waals surface area (Å²) in [4.78, 5) is 0. The fraction of sp³-hybridized carbons (Fsp3) is 0.579. The summed E-state index contributed by atoms with van der Waals surface area (Å²) >= 11 is 0. The van der Waals surface area contributed by atoms with E-state index in [9.17, 15) is 0 Å². The maximum Gasteiger partial charge on any atom is 0.202 e. The Kier molecular flexibility index (Phi) is 11.3. The predicted molar refractivity (Wildman–Crippen MR) is 252 cm³/mol. The third kappa shape index (κ3) is 8.48. The van der Waals surface area contributed by atoms with Crippen LogP contribution in [-0.4, -0.2) is 70.9 Å². The van der Waals surface area contributed by atoms with Gasteiger partial charge in [-0.15, -0.1) is 0 Å². The van der Waals surface area contributed by atoms with Gasteiger partial charge in [-0.25, -0.2) is 0 Å². The minimum Gasteiger partial charge on any atom is -0.491 e. The minimum atomic E-state index is -0.222. The zero-order valence-corrected chi connectivity index (χ0v) is 39.7. The van der Waals surface area contributed by atoms with E-state index in [1.807, 2.05) is 0 Å². The van der Waals surface area contributed by atoms with E-state index in [0.717, 1.165) is 74.1 Å². The third-order valence-corrected chi connectivity index (χ3v) is 17.4. The van der Waals surface area contributed by atoms with Gasteiger partial charge in [0, 0.05) is 22.8 Å². The second-order valence-corrected chi connectivity index (χ2v) is 22.0. The molecule has 4 aliphatic heterocycles. The van der Waals surface area contributed by atoms with Gasteiger partial charge in [-0.1, -0.05) is 84.0 Å². The summed E-state index contributed by atoms with van der Waals surface area (Å²) in [5.74, 6) is 7.74. The van der Waals surface area contributed by atoms with E-state index in [-0.39, 0.29) is 40.8 Å². The van der Waals surface area contributed by atoms with Crippen LogP contribution in [0.5, 0.6) is 23.0 Å². The summed E-state index contributed by atoms with van der Waals surface area (Å²) in [7, 11) is 0. The number of fused-ring (bicyclic) bond motifs is 5. The zero-order chi connectivity index (χ0) is 44.7. The number of hydrogen-bond donors (Lipinski definition) is 0. The van der Waals surface area contributed by atoms with Gasteiger partial charge in [-0.05, 0) is 150 Å². The molecule has 8 heteroatoms. The van der Waals surface area contributed by atoms with Gasteiger partial charge < -0.3 is 37.9 Å². The van der Waals surface area contributed by atoms with E-state index in [2.05, 4.69) is 127 Å². The van der Waals surface area contributed by atoms with Gasteiger partial charge in [-0.3, -0.25) is 0 Å². The fourth-order valence-corrected chi connectivity index (χ4v) is 12.7. The van der Waals surface area contributed by atoms with Crippen LogP contribution in [0.3, 0.4) is 0 Å². The molecule has 4 aromatic carbocycles. The summed E-state index contributed by atoms with van der Waals surface area (Å²) < 4.78 is 47.6. The molecule has 11 unspecified atom stereocenters. The largest absolute Gasteiger partial charge is 0.491 e. The van der Waals surface area contributed by atoms with Crippen LogP contribution in [0.2, 0.25) is 0 Å². The molecule has 0 N–H and O–H groups in total. The number of hydrogen-bond acceptors (Lipinski definition) is 8. The van der Waals surface area contributed by atoms with Gasteiger partial charge in [0.15, 0.2) is 0 Å². The molecule has 0 spiro atoms. The van der Waals surface area contributed by atoms with Crippen molar-refractivity contribution in [1.29, 1.82) is 0 Å². The number of aryl methyl sites for hydroxylation is 1. The van der Waals surface area contributed by atoms with Gasteiger partial charge in [0.2, 0.25) is 6.29 Å². The van der Waals surface area contributed by atoms with Crippen molar-refractivity contribution in [1.82, 2.24) is 0 Å². The second kappa shape index (κ2) is 16.9. The van der Waals surface area contributed by atoms with Crippen LogP contribution in [0.1, 0.15) is 125 Å². The van der Waals surface area contributed by atoms with E-state index in [0.29, 0.717) is 43.5 Å². The second-order valence-electron chi connectivity index (χ2n) is 22.0. The van der Waals surface area contributed by atoms with Crippen LogP contribution in [-0.2, 0) is 35.2 Å². The maximum absolute atomic E-state index is 6.76. The molecule has 4 aromatic rings. The Bertz CT molecular complexity index is 2340. The quantitative estimate of drug-likeness (QED) is 0.0861. The Morgan fingerprint density at radius 2 is 1.14 bits per heavy atom. The summed E-state index contributed by atoms with van der Waals surface area (Å²) in [6.07, 6.45) is 7.63. The lowest BCUT2D eigenvalue weighted by Crippen LogP contribution is -2.40. The van der Waals surface area contributed by atoms with E-state index < -0.39 is 0 Å². The van der Waals surface area contributed by atoms with Crippen LogP contribution < -0.4 is 18.9 Å². The summed E-state index contributed by atoms with van der Waals surface area (Å²) in [5.41, 5.74) is 8.84. The lowest BCUT2D eigenvalue weighted by atomic mass is 9.60. The molecule has 2 bridgehead atoms. The SMILES string of the molecule is CCC(C)(c1cc(C(C)(C)c2ccc(OCC3CO3)cc2)ccc1OC1CCO1)C1CC2CC1C1CC(c3cc(OCC4CO4)c(C)cc3C(C)(C)c3ccc(OCC4CO4)cc3)CC21. The van der Waals surface area contributed by atoms with Crippen LogP contribution in [0.25, 0.3) is 0 Å². The maximum atomic E-state index is 6.76. The van der Waals surface area contributed by atoms with Crippen molar-refractivity contribution in [2.24, 2.45) is 29.6 Å². The number of benzene rings is 4. The molecule has 0 radical (unpaired) electrons. The highest BCUT2D eigenvalue weighted by atomic mass is 16.7. The topological polar surface area (TPSA) is 83.7 Å². The van der Waals surface area contributed by atoms with Crippen molar-refractivity contribution in [3.63, 3.8) is 0 Å². The Balaban J connectivity index is 0.882. The molecule has 3 saturated carbocycles. The third-order valence-electron chi connectivity index (χ3n) is 17.4. The first-order valence-corrected chi connectivity index (χ1v) is 24.9. The van der Waals surface area contributed by atoms with Crippen LogP contribution >= 0.6 is 0 Å². The normalized spacial score (nSPS) is 30.6. The van der Waals surface area contributed by atoms with Crippen molar-refractivity contribution in [3.05, 3.63) is 118 Å². The molecular weight excluding hydrogens is 813 g/mol. The predicted octanol–water partition coefficient (Wildman–Crippen LogP) is 11.2. The van der Waals surface area contributed by atoms with Crippen molar-refractivity contribution < 1.29 is 37.9 Å². The van der Waals surface area contributed by atoms with Crippen molar-refractivity contribution in [2.45, 2.75) is 134 Å². The van der Waals surface area contributed by atoms with Gasteiger partial charge in [0.1, 0.15) is 61.1 Å². The molecule has 4 saturated heterocycles. The first-order valence-electron chi connectivity index (χ1n) is 24.9. The van der Waals surface area contributed by atoms with Crippen LogP contribution in [0.15, 0.2) is 78.9 Å². The molecular formula is C57H70O8. The minimum absolute atomic E-state index is 0.0549. The summed E-state index contributed by atoms with van der Waals surface area (Å²) in [6.45, 7) is 21.7. The average molecular weight is 883 g/mol. The Morgan fingerprint density at radius 1 is 0.569 bits per heavy atom. The summed E-state index contributed by atoms with van der Waals surface area (Å²) in [5, 5.41) is 0. The first-order chi connectivity index (χ1) is 31.4. The first kappa shape index (κ1) is 43.5. The molecule has 11 atom stereocenters. The van der Waals surface area contributed by atoms with E-state index in [4.69, 9.17) is 37.9 Å². The highest BCUT2D eigenvalue weighted by Gasteiger charge is 2.60. The van der Waals surface area contributed by atoms with Gasteiger partial charge in [-0.2, -0.15) is 0 Å². The lowest BCUT2D eigenvalue weighted by Gasteiger charge is -2.45. The average Bonchev–Trinajstić information content (AvgIpc) is 4.26. The zero-order valence-electron chi connectivity index (χ0n) is 39.7. The fourth-order valence-electron chi connectivity index (χ4n) is 12.7. The van der Waals surface area contributed by atoms with Gasteiger partial charge in [0.25, 0.3) is 0 Å². The molecule has 8 nitrogen and oxygen atoms in total. The monoisotopic (exact) mass is 883 g/mol. The number of ether oxygens (including phenoxy) is 8. The number of epoxide rings is 3. The molecule has 346 valence electrons. The van der Waals surface area contributed by atoms with E-state index in [1.165, 1.54) is 64.6 Å². The standard InChI is InChI=1S/C57H70O8/c1-8-57(7,51-26-39(13-18-52(51)65-54-19-20-58-54)55(3,4)37-9-14-40(15-10-37)59-28-42-30-61-42)50-25-36-24-48(50)47-23-35(22-45(36)47)46-27-53(64-33-44-32-63-44)34(2)21-49(46)56(5,6)38-11-16-41(17-12-38)60-29-43-31-62-43/h9-18,21,26-27,35-36,42-45,47-48,50,54H,8,19-20,22-25,28-33H2,1-7H3. The smallest absolute Gasteiger partial charge is 0.202 e. The molecule has 0 aromatic heterocycles. The van der Waals surface area contributed by atoms with Gasteiger partial charge in [0.05, 0.1) is 26.4 Å². The molecule has 11 rings (SSSR count). The van der Waals surface area contributed by atoms with E-state index >= 15 is 0 Å². The van der Waals surface area contributed by atoms with Gasteiger partial charge >= 0.3 is 0 Å². The molecule has 4 heterocycles. The van der Waals surface area contributed by atoms with Crippen molar-refractivity contribution in [3.8, 4) is 23.0 Å². The van der Waals surface area contributed by atoms with Crippen molar-refractivity contribution in [2.75, 3.05) is 46.2 Å². The molecule has 7 fully saturated rings. The Hall–Kier alpha value is -4.08. The summed E-state index contributed by atoms with van der Waals surface area (Å²) in [6, 6.07) is 29.4. The highest BCUT2D eigenvalue weighted by Crippen LogP contribution is 2.68. The Labute approximate surface area is 387 Å². The Morgan fingerprint density at radius 3 is 1.71 bits per heavy atom. The van der Waals surface area contributed by atoms with Crippen molar-refractivity contribution >= 4 is 0 Å². The molecule has 3 aliphatic carbocycles. The highest BCUT2D eigenvalue weighted by molar-refractivity contribution is 5.52. The lowest BCUT2D eigenvalue weighted by molar-refractivity contribution is -0.166. The number of rotatable bonds is 19. The van der Waals surface area contributed by atoms with Crippen LogP contribution in [0, 0.1) is 36.5 Å². The van der Waals surface area contributed by atoms with Crippen LogP contribution in [0.4, 0.5) is 0 Å². The molecule has 0 amide bonds.